The molecule has 0 unspecified atom stereocenters. The van der Waals surface area contributed by atoms with Crippen molar-refractivity contribution in [2.24, 2.45) is 0 Å². The van der Waals surface area contributed by atoms with Crippen molar-refractivity contribution in [2.45, 2.75) is 23.1 Å². The molecule has 12 heteroatoms. The van der Waals surface area contributed by atoms with Gasteiger partial charge in [-0.15, -0.1) is 0 Å². The molecule has 3 nitrogen and oxygen atoms in total. The second-order valence-corrected chi connectivity index (χ2v) is 6.50. The molecule has 0 fully saturated rings. The summed E-state index contributed by atoms with van der Waals surface area (Å²) < 4.78 is 115. The molecule has 160 valence electrons. The van der Waals surface area contributed by atoms with Gasteiger partial charge >= 0.3 is 23.1 Å². The lowest BCUT2D eigenvalue weighted by Gasteiger charge is -2.34. The monoisotopic (exact) mass is 456 g/mol. The van der Waals surface area contributed by atoms with Crippen LogP contribution in [0.1, 0.15) is 5.69 Å². The van der Waals surface area contributed by atoms with E-state index >= 15 is 0 Å². The average Bonchev–Trinajstić information content (AvgIpc) is 3.22. The zero-order valence-electron chi connectivity index (χ0n) is 14.4. The van der Waals surface area contributed by atoms with Gasteiger partial charge < -0.3 is 4.42 Å². The Morgan fingerprint density at radius 2 is 1.40 bits per heavy atom. The summed E-state index contributed by atoms with van der Waals surface area (Å²) >= 11 is 4.00. The number of aromatic nitrogens is 2. The van der Waals surface area contributed by atoms with Crippen LogP contribution in [0.25, 0.3) is 22.8 Å². The molecule has 0 radical (unpaired) electrons. The van der Waals surface area contributed by atoms with Gasteiger partial charge in [-0.2, -0.15) is 35.1 Å². The molecule has 0 aliphatic heterocycles. The third kappa shape index (κ3) is 3.51. The summed E-state index contributed by atoms with van der Waals surface area (Å²) in [6.07, 6.45) is 1.12. The first-order chi connectivity index (χ1) is 13.8. The third-order valence-corrected chi connectivity index (χ3v) is 4.24. The van der Waals surface area contributed by atoms with Crippen LogP contribution in [0, 0.1) is 0 Å². The summed E-state index contributed by atoms with van der Waals surface area (Å²) in [5.74, 6) is -19.8. The fourth-order valence-electron chi connectivity index (χ4n) is 2.41. The lowest BCUT2D eigenvalue weighted by molar-refractivity contribution is -0.353. The van der Waals surface area contributed by atoms with Crippen LogP contribution in [0.4, 0.5) is 35.1 Å². The molecular formula is C18H9ClF8N2O. The molecule has 0 spiro atoms. The van der Waals surface area contributed by atoms with Crippen LogP contribution in [0.15, 0.2) is 59.2 Å². The van der Waals surface area contributed by atoms with Crippen LogP contribution >= 0.6 is 11.6 Å². The number of benzene rings is 1. The van der Waals surface area contributed by atoms with Crippen molar-refractivity contribution in [3.63, 3.8) is 0 Å². The molecule has 30 heavy (non-hydrogen) atoms. The van der Waals surface area contributed by atoms with Crippen molar-refractivity contribution in [2.75, 3.05) is 0 Å². The maximum absolute atomic E-state index is 14.5. The molecule has 0 atom stereocenters. The van der Waals surface area contributed by atoms with Gasteiger partial charge in [-0.1, -0.05) is 30.3 Å². The molecule has 3 rings (SSSR count). The van der Waals surface area contributed by atoms with Crippen molar-refractivity contribution >= 4 is 11.6 Å². The predicted octanol–water partition coefficient (Wildman–Crippen LogP) is 6.60. The van der Waals surface area contributed by atoms with Gasteiger partial charge in [-0.3, -0.25) is 0 Å². The van der Waals surface area contributed by atoms with Crippen LogP contribution in [0.5, 0.6) is 0 Å². The highest BCUT2D eigenvalue weighted by molar-refractivity contribution is 6.22. The highest BCUT2D eigenvalue weighted by Gasteiger charge is 2.81. The van der Waals surface area contributed by atoms with E-state index in [1.807, 2.05) is 0 Å². The van der Waals surface area contributed by atoms with Gasteiger partial charge in [0, 0.05) is 5.56 Å². The number of alkyl halides is 9. The SMILES string of the molecule is FC(F)(Cl)C(F)(F)C(F)(F)C(F)(F)c1cc(-c2ccco2)nc(-c2ccccc2)n1. The van der Waals surface area contributed by atoms with Gasteiger partial charge in [0.1, 0.15) is 11.4 Å². The van der Waals surface area contributed by atoms with E-state index in [4.69, 9.17) is 4.42 Å². The molecular weight excluding hydrogens is 448 g/mol. The van der Waals surface area contributed by atoms with Crippen molar-refractivity contribution in [3.05, 3.63) is 60.5 Å². The minimum atomic E-state index is -6.60. The van der Waals surface area contributed by atoms with Crippen molar-refractivity contribution in [3.8, 4) is 22.8 Å². The molecule has 0 amide bonds. The third-order valence-electron chi connectivity index (χ3n) is 4.00. The lowest BCUT2D eigenvalue weighted by atomic mass is 10.00. The minimum Gasteiger partial charge on any atom is -0.463 e. The number of nitrogens with zero attached hydrogens (tertiary/aromatic N) is 2. The van der Waals surface area contributed by atoms with Crippen LogP contribution < -0.4 is 0 Å². The van der Waals surface area contributed by atoms with Crippen molar-refractivity contribution in [1.29, 1.82) is 0 Å². The van der Waals surface area contributed by atoms with Gasteiger partial charge in [-0.25, -0.2) is 9.97 Å². The zero-order chi connectivity index (χ0) is 22.4. The molecule has 0 aliphatic rings. The van der Waals surface area contributed by atoms with E-state index < -0.39 is 40.4 Å². The van der Waals surface area contributed by atoms with E-state index in [1.54, 1.807) is 6.07 Å². The zero-order valence-corrected chi connectivity index (χ0v) is 15.2. The van der Waals surface area contributed by atoms with Crippen molar-refractivity contribution in [1.82, 2.24) is 9.97 Å². The summed E-state index contributed by atoms with van der Waals surface area (Å²) in [6, 6.07) is 9.94. The van der Waals surface area contributed by atoms with Crippen LogP contribution in [-0.2, 0) is 5.92 Å². The topological polar surface area (TPSA) is 38.9 Å². The van der Waals surface area contributed by atoms with Gasteiger partial charge in [0.25, 0.3) is 0 Å². The van der Waals surface area contributed by atoms with E-state index in [2.05, 4.69) is 21.6 Å². The Hall–Kier alpha value is -2.69. The van der Waals surface area contributed by atoms with Crippen LogP contribution in [-0.4, -0.2) is 27.2 Å². The van der Waals surface area contributed by atoms with E-state index in [-0.39, 0.29) is 17.4 Å². The molecule has 2 aromatic heterocycles. The number of hydrogen-bond acceptors (Lipinski definition) is 3. The lowest BCUT2D eigenvalue weighted by Crippen LogP contribution is -2.59. The summed E-state index contributed by atoms with van der Waals surface area (Å²) in [7, 11) is 0. The molecule has 0 saturated carbocycles. The largest absolute Gasteiger partial charge is 0.463 e. The Labute approximate surface area is 168 Å². The summed E-state index contributed by atoms with van der Waals surface area (Å²) in [5, 5.41) is -5.96. The Balaban J connectivity index is 2.22. The molecule has 1 aromatic carbocycles. The van der Waals surface area contributed by atoms with E-state index in [9.17, 15) is 35.1 Å². The van der Waals surface area contributed by atoms with Crippen LogP contribution in [0.3, 0.4) is 0 Å². The van der Waals surface area contributed by atoms with E-state index in [0.717, 1.165) is 6.26 Å². The van der Waals surface area contributed by atoms with Gasteiger partial charge in [0.05, 0.1) is 6.26 Å². The fraction of sp³-hybridized carbons (Fsp3) is 0.222. The Kier molecular flexibility index (Phi) is 5.30. The van der Waals surface area contributed by atoms with Gasteiger partial charge in [-0.05, 0) is 29.8 Å². The van der Waals surface area contributed by atoms with Crippen molar-refractivity contribution < 1.29 is 39.5 Å². The second kappa shape index (κ2) is 7.22. The fourth-order valence-corrected chi connectivity index (χ4v) is 2.53. The van der Waals surface area contributed by atoms with E-state index in [1.165, 1.54) is 36.4 Å². The summed E-state index contributed by atoms with van der Waals surface area (Å²) in [5.41, 5.74) is -2.31. The highest BCUT2D eigenvalue weighted by Crippen LogP contribution is 2.57. The highest BCUT2D eigenvalue weighted by atomic mass is 35.5. The predicted molar refractivity (Wildman–Crippen MR) is 89.8 cm³/mol. The maximum Gasteiger partial charge on any atom is 0.393 e. The standard InChI is InChI=1S/C18H9ClF8N2O/c19-18(26,27)17(24,25)16(22,23)15(20,21)13-9-11(12-7-4-8-30-12)28-14(29-13)10-5-2-1-3-6-10/h1-9H. The summed E-state index contributed by atoms with van der Waals surface area (Å²) in [6.45, 7) is 0. The minimum absolute atomic E-state index is 0.0701. The Bertz CT molecular complexity index is 1020. The van der Waals surface area contributed by atoms with Gasteiger partial charge in [0.15, 0.2) is 11.6 Å². The molecule has 0 aliphatic carbocycles. The number of furan rings is 1. The molecule has 0 saturated heterocycles. The van der Waals surface area contributed by atoms with Gasteiger partial charge in [0.2, 0.25) is 0 Å². The van der Waals surface area contributed by atoms with Crippen LogP contribution in [0.2, 0.25) is 0 Å². The molecule has 0 bridgehead atoms. The molecule has 2 heterocycles. The first kappa shape index (κ1) is 22.0. The number of hydrogen-bond donors (Lipinski definition) is 0. The molecule has 3 aromatic rings. The number of halogens is 9. The Morgan fingerprint density at radius 1 is 0.767 bits per heavy atom. The Morgan fingerprint density at radius 3 is 1.93 bits per heavy atom. The molecule has 0 N–H and O–H groups in total. The number of rotatable bonds is 6. The first-order valence-electron chi connectivity index (χ1n) is 7.98. The summed E-state index contributed by atoms with van der Waals surface area (Å²) in [4.78, 5) is 7.15. The quantitative estimate of drug-likeness (QED) is 0.310. The second-order valence-electron chi connectivity index (χ2n) is 6.03. The normalized spacial score (nSPS) is 13.5. The smallest absolute Gasteiger partial charge is 0.393 e. The average molecular weight is 457 g/mol. The van der Waals surface area contributed by atoms with E-state index in [0.29, 0.717) is 0 Å². The first-order valence-corrected chi connectivity index (χ1v) is 8.36. The maximum atomic E-state index is 14.5.